The molecule has 1 aromatic carbocycles. The van der Waals surface area contributed by atoms with E-state index in [4.69, 9.17) is 11.6 Å². The summed E-state index contributed by atoms with van der Waals surface area (Å²) in [5, 5.41) is 0.479. The van der Waals surface area contributed by atoms with Gasteiger partial charge in [-0.25, -0.2) is 21.1 Å². The van der Waals surface area contributed by atoms with Crippen LogP contribution in [0.25, 0.3) is 0 Å². The minimum atomic E-state index is -3.99. The van der Waals surface area contributed by atoms with E-state index in [0.29, 0.717) is 21.8 Å². The van der Waals surface area contributed by atoms with Gasteiger partial charge < -0.3 is 4.90 Å². The number of piperidine rings is 1. The van der Waals surface area contributed by atoms with E-state index in [0.717, 1.165) is 54.4 Å². The SMILES string of the molecule is CCC1(CC)CCN(c2c(Cl)cccc2NS(=O)(=O)c2ccc(S(=O)(=O)N(C)C)s2)CC1. The number of para-hydroxylation sites is 1. The Labute approximate surface area is 200 Å². The first kappa shape index (κ1) is 25.3. The molecule has 7 nitrogen and oxygen atoms in total. The first-order chi connectivity index (χ1) is 15.0. The average molecular weight is 520 g/mol. The Bertz CT molecular complexity index is 1160. The number of rotatable bonds is 8. The van der Waals surface area contributed by atoms with Crippen LogP contribution in [0.5, 0.6) is 0 Å². The summed E-state index contributed by atoms with van der Waals surface area (Å²) in [5.74, 6) is 0. The highest BCUT2D eigenvalue weighted by molar-refractivity contribution is 7.96. The maximum absolute atomic E-state index is 13.1. The molecule has 32 heavy (non-hydrogen) atoms. The van der Waals surface area contributed by atoms with Gasteiger partial charge in [0.2, 0.25) is 0 Å². The van der Waals surface area contributed by atoms with Gasteiger partial charge in [-0.1, -0.05) is 44.4 Å². The van der Waals surface area contributed by atoms with Gasteiger partial charge in [0.05, 0.1) is 16.4 Å². The molecule has 0 spiro atoms. The first-order valence-corrected chi connectivity index (χ1v) is 14.7. The molecule has 2 heterocycles. The first-order valence-electron chi connectivity index (χ1n) is 10.5. The van der Waals surface area contributed by atoms with E-state index in [1.54, 1.807) is 18.2 Å². The predicted octanol–water partition coefficient (Wildman–Crippen LogP) is 4.86. The molecule has 1 aliphatic heterocycles. The highest BCUT2D eigenvalue weighted by atomic mass is 35.5. The van der Waals surface area contributed by atoms with Crippen LogP contribution < -0.4 is 9.62 Å². The monoisotopic (exact) mass is 519 g/mol. The van der Waals surface area contributed by atoms with Gasteiger partial charge in [-0.05, 0) is 42.5 Å². The molecule has 0 amide bonds. The van der Waals surface area contributed by atoms with Crippen molar-refractivity contribution in [2.75, 3.05) is 36.8 Å². The molecule has 0 atom stereocenters. The van der Waals surface area contributed by atoms with Gasteiger partial charge in [0, 0.05) is 27.2 Å². The molecule has 0 bridgehead atoms. The van der Waals surface area contributed by atoms with Crippen LogP contribution in [0.3, 0.4) is 0 Å². The van der Waals surface area contributed by atoms with Crippen LogP contribution >= 0.6 is 22.9 Å². The van der Waals surface area contributed by atoms with Gasteiger partial charge in [-0.15, -0.1) is 11.3 Å². The minimum absolute atomic E-state index is 0.0271. The highest BCUT2D eigenvalue weighted by Crippen LogP contribution is 2.43. The zero-order chi connectivity index (χ0) is 23.7. The van der Waals surface area contributed by atoms with Gasteiger partial charge in [0.1, 0.15) is 8.42 Å². The minimum Gasteiger partial charge on any atom is -0.369 e. The summed E-state index contributed by atoms with van der Waals surface area (Å²) >= 11 is 7.24. The van der Waals surface area contributed by atoms with Gasteiger partial charge >= 0.3 is 0 Å². The number of halogens is 1. The predicted molar refractivity (Wildman–Crippen MR) is 132 cm³/mol. The van der Waals surface area contributed by atoms with Crippen LogP contribution in [-0.4, -0.2) is 48.3 Å². The van der Waals surface area contributed by atoms with Crippen LogP contribution in [-0.2, 0) is 20.0 Å². The lowest BCUT2D eigenvalue weighted by atomic mass is 9.74. The van der Waals surface area contributed by atoms with E-state index in [-0.39, 0.29) is 8.42 Å². The Balaban J connectivity index is 1.89. The molecule has 0 radical (unpaired) electrons. The zero-order valence-corrected chi connectivity index (χ0v) is 22.0. The Morgan fingerprint density at radius 3 is 2.19 bits per heavy atom. The Morgan fingerprint density at radius 1 is 1.03 bits per heavy atom. The maximum atomic E-state index is 13.1. The van der Waals surface area contributed by atoms with Crippen LogP contribution in [0.1, 0.15) is 39.5 Å². The molecule has 0 aliphatic carbocycles. The van der Waals surface area contributed by atoms with Crippen molar-refractivity contribution in [3.8, 4) is 0 Å². The summed E-state index contributed by atoms with van der Waals surface area (Å²) in [6.07, 6.45) is 4.29. The second-order valence-electron chi connectivity index (χ2n) is 8.30. The number of anilines is 2. The molecule has 1 aromatic heterocycles. The second kappa shape index (κ2) is 9.50. The molecule has 1 aliphatic rings. The number of sulfonamides is 2. The van der Waals surface area contributed by atoms with E-state index in [1.807, 2.05) is 0 Å². The summed E-state index contributed by atoms with van der Waals surface area (Å²) in [6, 6.07) is 7.76. The summed E-state index contributed by atoms with van der Waals surface area (Å²) in [7, 11) is -4.88. The van der Waals surface area contributed by atoms with Crippen molar-refractivity contribution in [2.45, 2.75) is 47.9 Å². The number of nitrogens with one attached hydrogen (secondary N) is 1. The van der Waals surface area contributed by atoms with E-state index in [2.05, 4.69) is 23.5 Å². The van der Waals surface area contributed by atoms with Gasteiger partial charge in [-0.3, -0.25) is 4.72 Å². The van der Waals surface area contributed by atoms with Crippen molar-refractivity contribution < 1.29 is 16.8 Å². The summed E-state index contributed by atoms with van der Waals surface area (Å²) in [4.78, 5) is 2.14. The number of hydrogen-bond acceptors (Lipinski definition) is 6. The smallest absolute Gasteiger partial charge is 0.271 e. The topological polar surface area (TPSA) is 86.8 Å². The van der Waals surface area contributed by atoms with Crippen LogP contribution in [0.2, 0.25) is 5.02 Å². The fraction of sp³-hybridized carbons (Fsp3) is 0.524. The molecule has 2 aromatic rings. The van der Waals surface area contributed by atoms with Crippen molar-refractivity contribution in [3.63, 3.8) is 0 Å². The maximum Gasteiger partial charge on any atom is 0.271 e. The molecule has 1 saturated heterocycles. The fourth-order valence-corrected chi connectivity index (χ4v) is 8.34. The van der Waals surface area contributed by atoms with Crippen molar-refractivity contribution in [1.29, 1.82) is 0 Å². The van der Waals surface area contributed by atoms with E-state index in [1.165, 1.54) is 26.2 Å². The third-order valence-electron chi connectivity index (χ3n) is 6.43. The Morgan fingerprint density at radius 2 is 1.62 bits per heavy atom. The number of hydrogen-bond donors (Lipinski definition) is 1. The van der Waals surface area contributed by atoms with Crippen molar-refractivity contribution in [1.82, 2.24) is 4.31 Å². The molecule has 178 valence electrons. The number of thiophene rings is 1. The van der Waals surface area contributed by atoms with Gasteiger partial charge in [0.15, 0.2) is 0 Å². The largest absolute Gasteiger partial charge is 0.369 e. The zero-order valence-electron chi connectivity index (χ0n) is 18.8. The normalized spacial score (nSPS) is 17.0. The molecule has 1 N–H and O–H groups in total. The van der Waals surface area contributed by atoms with Crippen LogP contribution in [0, 0.1) is 5.41 Å². The fourth-order valence-electron chi connectivity index (χ4n) is 4.04. The van der Waals surface area contributed by atoms with E-state index >= 15 is 0 Å². The van der Waals surface area contributed by atoms with E-state index < -0.39 is 20.0 Å². The van der Waals surface area contributed by atoms with Crippen LogP contribution in [0.4, 0.5) is 11.4 Å². The van der Waals surface area contributed by atoms with Crippen molar-refractivity contribution >= 4 is 54.4 Å². The molecule has 11 heteroatoms. The van der Waals surface area contributed by atoms with Gasteiger partial charge in [-0.2, -0.15) is 0 Å². The van der Waals surface area contributed by atoms with Crippen molar-refractivity contribution in [2.24, 2.45) is 5.41 Å². The third-order valence-corrected chi connectivity index (χ3v) is 12.0. The molecular weight excluding hydrogens is 490 g/mol. The third kappa shape index (κ3) is 4.94. The Hall–Kier alpha value is -1.33. The lowest BCUT2D eigenvalue weighted by Gasteiger charge is -2.42. The molecule has 3 rings (SSSR count). The summed E-state index contributed by atoms with van der Waals surface area (Å²) < 4.78 is 54.4. The van der Waals surface area contributed by atoms with Crippen LogP contribution in [0.15, 0.2) is 38.8 Å². The number of nitrogens with zero attached hydrogens (tertiary/aromatic N) is 2. The van der Waals surface area contributed by atoms with Crippen molar-refractivity contribution in [3.05, 3.63) is 35.4 Å². The average Bonchev–Trinajstić information content (AvgIpc) is 3.26. The lowest BCUT2D eigenvalue weighted by molar-refractivity contribution is 0.199. The summed E-state index contributed by atoms with van der Waals surface area (Å²) in [5.41, 5.74) is 1.38. The second-order valence-corrected chi connectivity index (χ2v) is 14.1. The van der Waals surface area contributed by atoms with Gasteiger partial charge in [0.25, 0.3) is 20.0 Å². The Kier molecular flexibility index (Phi) is 7.51. The van der Waals surface area contributed by atoms with E-state index in [9.17, 15) is 16.8 Å². The standard InChI is InChI=1S/C21H30ClN3O4S3/c1-5-21(6-2)12-14-25(15-13-21)20-16(22)8-7-9-17(20)23-31(26,27)18-10-11-19(30-18)32(28,29)24(3)4/h7-11,23H,5-6,12-15H2,1-4H3. The highest BCUT2D eigenvalue weighted by Gasteiger charge is 2.33. The molecule has 1 fully saturated rings. The number of benzene rings is 1. The molecule has 0 saturated carbocycles. The quantitative estimate of drug-likeness (QED) is 0.538. The summed E-state index contributed by atoms with van der Waals surface area (Å²) in [6.45, 7) is 6.04. The molecule has 0 unspecified atom stereocenters. The molecular formula is C21H30ClN3O4S3. The lowest BCUT2D eigenvalue weighted by Crippen LogP contribution is -2.40.